The Morgan fingerprint density at radius 2 is 1.54 bits per heavy atom. The summed E-state index contributed by atoms with van der Waals surface area (Å²) in [5.41, 5.74) is 1.06. The number of rotatable bonds is 11. The van der Waals surface area contributed by atoms with E-state index in [0.717, 1.165) is 10.0 Å². The maximum Gasteiger partial charge on any atom is 0.303 e. The maximum absolute atomic E-state index is 13.8. The Labute approximate surface area is 204 Å². The summed E-state index contributed by atoms with van der Waals surface area (Å²) in [4.78, 5) is 62.4. The Morgan fingerprint density at radius 1 is 0.971 bits per heavy atom. The fraction of sp³-hybridized carbons (Fsp3) is 0.346. The number of aliphatic carboxylic acids is 1. The van der Waals surface area contributed by atoms with E-state index in [9.17, 15) is 24.0 Å². The Kier molecular flexibility index (Phi) is 10.1. The molecule has 0 heterocycles. The van der Waals surface area contributed by atoms with Gasteiger partial charge in [-0.15, -0.1) is 0 Å². The number of aldehydes is 1. The minimum absolute atomic E-state index is 0.0545. The summed E-state index contributed by atoms with van der Waals surface area (Å²) < 4.78 is 0. The minimum atomic E-state index is -1.17. The van der Waals surface area contributed by atoms with Gasteiger partial charge in [-0.25, -0.2) is 10.0 Å². The third kappa shape index (κ3) is 7.77. The van der Waals surface area contributed by atoms with Crippen molar-refractivity contribution in [3.8, 4) is 0 Å². The van der Waals surface area contributed by atoms with E-state index in [0.29, 0.717) is 17.4 Å². The molecule has 0 aromatic heterocycles. The fourth-order valence-corrected chi connectivity index (χ4v) is 3.61. The van der Waals surface area contributed by atoms with E-state index < -0.39 is 35.8 Å². The van der Waals surface area contributed by atoms with Crippen LogP contribution in [0.2, 0.25) is 0 Å². The van der Waals surface area contributed by atoms with Crippen molar-refractivity contribution in [2.24, 2.45) is 5.92 Å². The zero-order valence-corrected chi connectivity index (χ0v) is 20.1. The smallest absolute Gasteiger partial charge is 0.303 e. The first-order chi connectivity index (χ1) is 16.6. The third-order valence-corrected chi connectivity index (χ3v) is 5.39. The van der Waals surface area contributed by atoms with E-state index >= 15 is 0 Å². The summed E-state index contributed by atoms with van der Waals surface area (Å²) in [6.07, 6.45) is -0.0683. The second kappa shape index (κ2) is 13.0. The molecule has 0 aliphatic heterocycles. The van der Waals surface area contributed by atoms with E-state index in [1.807, 2.05) is 0 Å². The van der Waals surface area contributed by atoms with Crippen molar-refractivity contribution in [1.29, 1.82) is 0 Å². The summed E-state index contributed by atoms with van der Waals surface area (Å²) in [6.45, 7) is 4.67. The highest BCUT2D eigenvalue weighted by Gasteiger charge is 2.36. The van der Waals surface area contributed by atoms with Gasteiger partial charge in [0.2, 0.25) is 5.91 Å². The van der Waals surface area contributed by atoms with Crippen LogP contribution in [0, 0.1) is 5.92 Å². The van der Waals surface area contributed by atoms with Crippen molar-refractivity contribution in [3.63, 3.8) is 0 Å². The molecule has 0 bridgehead atoms. The summed E-state index contributed by atoms with van der Waals surface area (Å²) in [7, 11) is 0. The topological polar surface area (TPSA) is 124 Å². The summed E-state index contributed by atoms with van der Waals surface area (Å²) >= 11 is 0. The van der Waals surface area contributed by atoms with Crippen LogP contribution in [-0.2, 0) is 25.7 Å². The van der Waals surface area contributed by atoms with E-state index in [2.05, 4.69) is 5.32 Å². The molecule has 2 rings (SSSR count). The number of hydrogen-bond acceptors (Lipinski definition) is 5. The van der Waals surface area contributed by atoms with Gasteiger partial charge in [0.1, 0.15) is 18.4 Å². The van der Waals surface area contributed by atoms with Crippen LogP contribution in [-0.4, -0.2) is 57.2 Å². The van der Waals surface area contributed by atoms with Crippen molar-refractivity contribution in [3.05, 3.63) is 71.8 Å². The van der Waals surface area contributed by atoms with E-state index in [4.69, 9.17) is 5.11 Å². The van der Waals surface area contributed by atoms with Gasteiger partial charge in [0, 0.05) is 18.9 Å². The minimum Gasteiger partial charge on any atom is -0.481 e. The molecule has 0 saturated carbocycles. The van der Waals surface area contributed by atoms with E-state index in [1.54, 1.807) is 74.5 Å². The number of hydrazine groups is 1. The molecule has 3 amide bonds. The monoisotopic (exact) mass is 481 g/mol. The van der Waals surface area contributed by atoms with Crippen molar-refractivity contribution in [1.82, 2.24) is 15.3 Å². The van der Waals surface area contributed by atoms with Crippen molar-refractivity contribution in [2.75, 3.05) is 0 Å². The molecule has 9 heteroatoms. The molecule has 2 aromatic rings. The number of carboxylic acid groups (broad SMARTS) is 1. The summed E-state index contributed by atoms with van der Waals surface area (Å²) in [6, 6.07) is 15.1. The largest absolute Gasteiger partial charge is 0.481 e. The van der Waals surface area contributed by atoms with Gasteiger partial charge >= 0.3 is 5.97 Å². The molecule has 0 spiro atoms. The van der Waals surface area contributed by atoms with Crippen LogP contribution in [0.25, 0.3) is 0 Å². The zero-order chi connectivity index (χ0) is 26.0. The quantitative estimate of drug-likeness (QED) is 0.376. The first-order valence-corrected chi connectivity index (χ1v) is 11.3. The Morgan fingerprint density at radius 3 is 2.03 bits per heavy atom. The van der Waals surface area contributed by atoms with Crippen molar-refractivity contribution in [2.45, 2.75) is 52.2 Å². The second-order valence-corrected chi connectivity index (χ2v) is 8.44. The number of carboxylic acids is 1. The second-order valence-electron chi connectivity index (χ2n) is 8.44. The van der Waals surface area contributed by atoms with Crippen molar-refractivity contribution >= 4 is 30.0 Å². The Balaban J connectivity index is 2.46. The first kappa shape index (κ1) is 27.2. The van der Waals surface area contributed by atoms with Crippen LogP contribution in [0.1, 0.15) is 49.5 Å². The Bertz CT molecular complexity index is 1030. The summed E-state index contributed by atoms with van der Waals surface area (Å²) in [5, 5.41) is 14.0. The normalized spacial score (nSPS) is 12.3. The fourth-order valence-electron chi connectivity index (χ4n) is 3.61. The van der Waals surface area contributed by atoms with Crippen LogP contribution in [0.15, 0.2) is 60.7 Å². The third-order valence-electron chi connectivity index (χ3n) is 5.39. The molecule has 0 saturated heterocycles. The number of hydrogen-bond donors (Lipinski definition) is 2. The van der Waals surface area contributed by atoms with Gasteiger partial charge in [0.05, 0.1) is 6.54 Å². The predicted molar refractivity (Wildman–Crippen MR) is 129 cm³/mol. The van der Waals surface area contributed by atoms with E-state index in [-0.39, 0.29) is 25.3 Å². The molecule has 35 heavy (non-hydrogen) atoms. The zero-order valence-electron chi connectivity index (χ0n) is 20.1. The number of carbonyl (C=O) groups excluding carboxylic acids is 4. The number of nitrogens with one attached hydrogen (secondary N) is 1. The molecule has 0 radical (unpaired) electrons. The molecule has 0 aliphatic rings. The number of benzene rings is 2. The molecule has 2 atom stereocenters. The lowest BCUT2D eigenvalue weighted by molar-refractivity contribution is -0.172. The molecule has 0 aliphatic carbocycles. The maximum atomic E-state index is 13.8. The number of amides is 3. The van der Waals surface area contributed by atoms with Crippen LogP contribution < -0.4 is 5.32 Å². The average molecular weight is 482 g/mol. The predicted octanol–water partition coefficient (Wildman–Crippen LogP) is 2.67. The molecule has 9 nitrogen and oxygen atoms in total. The van der Waals surface area contributed by atoms with Crippen LogP contribution in [0.5, 0.6) is 0 Å². The van der Waals surface area contributed by atoms with Crippen molar-refractivity contribution < 1.29 is 29.1 Å². The van der Waals surface area contributed by atoms with Gasteiger partial charge in [-0.3, -0.25) is 19.2 Å². The van der Waals surface area contributed by atoms with Gasteiger partial charge < -0.3 is 15.2 Å². The first-order valence-electron chi connectivity index (χ1n) is 11.3. The van der Waals surface area contributed by atoms with E-state index in [1.165, 1.54) is 6.92 Å². The lowest BCUT2D eigenvalue weighted by Crippen LogP contribution is -2.60. The lowest BCUT2D eigenvalue weighted by atomic mass is 10.0. The highest BCUT2D eigenvalue weighted by molar-refractivity contribution is 5.98. The summed E-state index contributed by atoms with van der Waals surface area (Å²) in [5.74, 6) is -3.13. The molecule has 2 aromatic carbocycles. The number of carbonyl (C=O) groups is 5. The van der Waals surface area contributed by atoms with Gasteiger partial charge in [0.25, 0.3) is 11.8 Å². The lowest BCUT2D eigenvalue weighted by Gasteiger charge is -2.40. The molecular weight excluding hydrogens is 450 g/mol. The van der Waals surface area contributed by atoms with Crippen LogP contribution in [0.3, 0.4) is 0 Å². The SMILES string of the molecule is CC(=O)N([C@@H](C=O)CCC(=O)O)N(Cc1ccccc1)C(=O)[C@@H](NC(=O)c1ccccc1)C(C)C. The van der Waals surface area contributed by atoms with Gasteiger partial charge in [-0.2, -0.15) is 0 Å². The molecule has 0 fully saturated rings. The molecule has 0 unspecified atom stereocenters. The standard InChI is InChI=1S/C26H31N3O6/c1-18(2)24(27-25(34)21-12-8-5-9-13-21)26(35)28(16-20-10-6-4-7-11-20)29(19(3)31)22(17-30)14-15-23(32)33/h4-13,17-18,22,24H,14-16H2,1-3H3,(H,27,34)(H,32,33)/t22-,24+/m1/s1. The van der Waals surface area contributed by atoms with Crippen LogP contribution in [0.4, 0.5) is 0 Å². The molecule has 2 N–H and O–H groups in total. The van der Waals surface area contributed by atoms with Gasteiger partial charge in [-0.05, 0) is 30.0 Å². The van der Waals surface area contributed by atoms with Crippen LogP contribution >= 0.6 is 0 Å². The average Bonchev–Trinajstić information content (AvgIpc) is 2.84. The highest BCUT2D eigenvalue weighted by Crippen LogP contribution is 2.18. The number of nitrogens with zero attached hydrogens (tertiary/aromatic N) is 2. The molecular formula is C26H31N3O6. The van der Waals surface area contributed by atoms with Gasteiger partial charge in [-0.1, -0.05) is 62.4 Å². The molecule has 186 valence electrons. The van der Waals surface area contributed by atoms with Gasteiger partial charge in [0.15, 0.2) is 0 Å². The Hall–Kier alpha value is -4.01. The highest BCUT2D eigenvalue weighted by atomic mass is 16.4.